The Kier molecular flexibility index (Phi) is 4.40. The van der Waals surface area contributed by atoms with Crippen molar-refractivity contribution in [1.82, 2.24) is 0 Å². The van der Waals surface area contributed by atoms with Crippen molar-refractivity contribution in [3.63, 3.8) is 0 Å². The smallest absolute Gasteiger partial charge is 0.333 e. The molecular weight excluding hydrogens is 268 g/mol. The molecule has 0 aromatic heterocycles. The third kappa shape index (κ3) is 3.12. The minimum absolute atomic E-state index is 0.244. The first-order valence-electron chi connectivity index (χ1n) is 6.62. The lowest BCUT2D eigenvalue weighted by Gasteiger charge is -2.27. The Hall–Kier alpha value is -2.17. The van der Waals surface area contributed by atoms with Crippen LogP contribution in [0.4, 0.5) is 0 Å². The van der Waals surface area contributed by atoms with Crippen LogP contribution in [0.5, 0.6) is 0 Å². The molecule has 0 radical (unpaired) electrons. The van der Waals surface area contributed by atoms with Gasteiger partial charge in [0.2, 0.25) is 0 Å². The van der Waals surface area contributed by atoms with E-state index in [-0.39, 0.29) is 12.2 Å². The van der Waals surface area contributed by atoms with Crippen LogP contribution < -0.4 is 0 Å². The first kappa shape index (κ1) is 15.2. The lowest BCUT2D eigenvalue weighted by atomic mass is 9.90. The van der Waals surface area contributed by atoms with Gasteiger partial charge < -0.3 is 14.9 Å². The summed E-state index contributed by atoms with van der Waals surface area (Å²) in [5, 5.41) is 22.0. The van der Waals surface area contributed by atoms with E-state index in [1.807, 2.05) is 30.3 Å². The molecule has 0 aliphatic rings. The predicted octanol–water partition coefficient (Wildman–Crippen LogP) is 2.14. The van der Waals surface area contributed by atoms with Gasteiger partial charge in [-0.2, -0.15) is 0 Å². The molecule has 4 heteroatoms. The molecule has 0 saturated carbocycles. The summed E-state index contributed by atoms with van der Waals surface area (Å²) in [5.74, 6) is -0.595. The van der Waals surface area contributed by atoms with Crippen molar-refractivity contribution in [2.45, 2.75) is 12.5 Å². The van der Waals surface area contributed by atoms with E-state index in [0.717, 1.165) is 10.8 Å². The molecule has 2 aromatic rings. The third-order valence-electron chi connectivity index (χ3n) is 3.34. The fraction of sp³-hybridized carbons (Fsp3) is 0.235. The van der Waals surface area contributed by atoms with Gasteiger partial charge in [0.05, 0.1) is 6.61 Å². The number of hydrogen-bond donors (Lipinski definition) is 2. The highest BCUT2D eigenvalue weighted by Crippen LogP contribution is 2.29. The molecule has 2 aromatic carbocycles. The van der Waals surface area contributed by atoms with Crippen LogP contribution in [0.25, 0.3) is 10.8 Å². The summed E-state index contributed by atoms with van der Waals surface area (Å²) in [6.45, 7) is 4.13. The van der Waals surface area contributed by atoms with Crippen molar-refractivity contribution < 1.29 is 19.7 Å². The number of hydrogen-bond acceptors (Lipinski definition) is 4. The van der Waals surface area contributed by atoms with Crippen LogP contribution in [0, 0.1) is 0 Å². The van der Waals surface area contributed by atoms with Gasteiger partial charge in [0.1, 0.15) is 12.2 Å². The van der Waals surface area contributed by atoms with Crippen molar-refractivity contribution >= 4 is 16.7 Å². The molecule has 0 heterocycles. The van der Waals surface area contributed by atoms with Crippen molar-refractivity contribution in [1.29, 1.82) is 0 Å². The number of rotatable bonds is 5. The molecule has 0 aliphatic heterocycles. The van der Waals surface area contributed by atoms with Gasteiger partial charge in [-0.05, 0) is 23.3 Å². The molecule has 1 unspecified atom stereocenters. The Morgan fingerprint density at radius 1 is 1.24 bits per heavy atom. The fourth-order valence-electron chi connectivity index (χ4n) is 2.15. The molecule has 0 amide bonds. The highest BCUT2D eigenvalue weighted by Gasteiger charge is 2.32. The SMILES string of the molecule is C=C(C)C(=O)OCC(O)(CO)c1cccc2ccccc12. The quantitative estimate of drug-likeness (QED) is 0.653. The van der Waals surface area contributed by atoms with Gasteiger partial charge in [-0.1, -0.05) is 49.0 Å². The minimum Gasteiger partial charge on any atom is -0.459 e. The first-order valence-corrected chi connectivity index (χ1v) is 6.62. The summed E-state index contributed by atoms with van der Waals surface area (Å²) in [7, 11) is 0. The second-order valence-corrected chi connectivity index (χ2v) is 5.07. The van der Waals surface area contributed by atoms with E-state index >= 15 is 0 Å². The molecule has 21 heavy (non-hydrogen) atoms. The van der Waals surface area contributed by atoms with Gasteiger partial charge in [-0.3, -0.25) is 0 Å². The Morgan fingerprint density at radius 3 is 2.57 bits per heavy atom. The highest BCUT2D eigenvalue weighted by molar-refractivity contribution is 5.88. The van der Waals surface area contributed by atoms with E-state index in [0.29, 0.717) is 5.56 Å². The average Bonchev–Trinajstić information content (AvgIpc) is 2.51. The molecule has 110 valence electrons. The Balaban J connectivity index is 2.38. The number of carbonyl (C=O) groups excluding carboxylic acids is 1. The molecular formula is C17H18O4. The Labute approximate surface area is 123 Å². The zero-order valence-electron chi connectivity index (χ0n) is 11.9. The Bertz CT molecular complexity index is 672. The Morgan fingerprint density at radius 2 is 1.90 bits per heavy atom. The number of esters is 1. The second kappa shape index (κ2) is 6.08. The van der Waals surface area contributed by atoms with Gasteiger partial charge in [-0.25, -0.2) is 4.79 Å². The monoisotopic (exact) mass is 286 g/mol. The van der Waals surface area contributed by atoms with E-state index in [2.05, 4.69) is 6.58 Å². The molecule has 2 rings (SSSR count). The maximum absolute atomic E-state index is 11.5. The van der Waals surface area contributed by atoms with Crippen LogP contribution in [0.2, 0.25) is 0 Å². The van der Waals surface area contributed by atoms with Crippen molar-refractivity contribution in [3.05, 3.63) is 60.2 Å². The molecule has 4 nitrogen and oxygen atoms in total. The van der Waals surface area contributed by atoms with Crippen LogP contribution in [0.15, 0.2) is 54.6 Å². The summed E-state index contributed by atoms with van der Waals surface area (Å²) in [5.41, 5.74) is -0.878. The molecule has 1 atom stereocenters. The first-order chi connectivity index (χ1) is 9.98. The molecule has 0 fully saturated rings. The van der Waals surface area contributed by atoms with Crippen molar-refractivity contribution in [2.24, 2.45) is 0 Å². The second-order valence-electron chi connectivity index (χ2n) is 5.07. The number of benzene rings is 2. The van der Waals surface area contributed by atoms with Crippen LogP contribution >= 0.6 is 0 Å². The van der Waals surface area contributed by atoms with Crippen molar-refractivity contribution in [3.8, 4) is 0 Å². The van der Waals surface area contributed by atoms with Crippen molar-refractivity contribution in [2.75, 3.05) is 13.2 Å². The lowest BCUT2D eigenvalue weighted by Crippen LogP contribution is -2.37. The third-order valence-corrected chi connectivity index (χ3v) is 3.34. The summed E-state index contributed by atoms with van der Waals surface area (Å²) < 4.78 is 5.01. The normalized spacial score (nSPS) is 13.7. The van der Waals surface area contributed by atoms with Gasteiger partial charge in [0, 0.05) is 5.57 Å². The van der Waals surface area contributed by atoms with Gasteiger partial charge in [0.25, 0.3) is 0 Å². The van der Waals surface area contributed by atoms with Crippen LogP contribution in [-0.2, 0) is 15.1 Å². The topological polar surface area (TPSA) is 66.8 Å². The molecule has 2 N–H and O–H groups in total. The minimum atomic E-state index is -1.65. The number of aliphatic hydroxyl groups is 2. The van der Waals surface area contributed by atoms with Crippen LogP contribution in [0.1, 0.15) is 12.5 Å². The van der Waals surface area contributed by atoms with Crippen LogP contribution in [-0.4, -0.2) is 29.4 Å². The molecule has 0 spiro atoms. The van der Waals surface area contributed by atoms with Gasteiger partial charge in [-0.15, -0.1) is 0 Å². The molecule has 0 saturated heterocycles. The van der Waals surface area contributed by atoms with Crippen LogP contribution in [0.3, 0.4) is 0 Å². The number of carbonyl (C=O) groups is 1. The van der Waals surface area contributed by atoms with E-state index in [9.17, 15) is 15.0 Å². The average molecular weight is 286 g/mol. The van der Waals surface area contributed by atoms with Gasteiger partial charge >= 0.3 is 5.97 Å². The largest absolute Gasteiger partial charge is 0.459 e. The zero-order chi connectivity index (χ0) is 15.5. The zero-order valence-corrected chi connectivity index (χ0v) is 11.9. The summed E-state index contributed by atoms with van der Waals surface area (Å²) >= 11 is 0. The highest BCUT2D eigenvalue weighted by atomic mass is 16.5. The number of ether oxygens (including phenoxy) is 1. The van der Waals surface area contributed by atoms with E-state index in [1.165, 1.54) is 6.92 Å². The fourth-order valence-corrected chi connectivity index (χ4v) is 2.15. The van der Waals surface area contributed by atoms with E-state index in [4.69, 9.17) is 4.74 Å². The lowest BCUT2D eigenvalue weighted by molar-refractivity contribution is -0.150. The molecule has 0 aliphatic carbocycles. The maximum atomic E-state index is 11.5. The maximum Gasteiger partial charge on any atom is 0.333 e. The summed E-state index contributed by atoms with van der Waals surface area (Å²) in [6.07, 6.45) is 0. The summed E-state index contributed by atoms with van der Waals surface area (Å²) in [6, 6.07) is 12.9. The summed E-state index contributed by atoms with van der Waals surface area (Å²) in [4.78, 5) is 11.5. The van der Waals surface area contributed by atoms with E-state index in [1.54, 1.807) is 12.1 Å². The molecule has 0 bridgehead atoms. The predicted molar refractivity (Wildman–Crippen MR) is 80.7 cm³/mol. The standard InChI is InChI=1S/C17H18O4/c1-12(2)16(19)21-11-17(20,10-18)15-9-5-7-13-6-3-4-8-14(13)15/h3-9,18,20H,1,10-11H2,2H3. The van der Waals surface area contributed by atoms with Gasteiger partial charge in [0.15, 0.2) is 0 Å². The number of aliphatic hydroxyl groups excluding tert-OH is 1. The number of fused-ring (bicyclic) bond motifs is 1. The van der Waals surface area contributed by atoms with E-state index < -0.39 is 18.2 Å².